The molecule has 1 aromatic carbocycles. The molecular formula is C43H49N7S4. The molecule has 7 nitrogen and oxygen atoms in total. The summed E-state index contributed by atoms with van der Waals surface area (Å²) in [5.41, 5.74) is 10.3. The molecular weight excluding hydrogens is 743 g/mol. The first kappa shape index (κ1) is 37.3. The van der Waals surface area contributed by atoms with Gasteiger partial charge in [0.15, 0.2) is 0 Å². The first-order valence-corrected chi connectivity index (χ1v) is 23.0. The molecule has 1 aliphatic heterocycles. The van der Waals surface area contributed by atoms with E-state index in [1.807, 2.05) is 0 Å². The number of pyridine rings is 2. The Labute approximate surface area is 334 Å². The van der Waals surface area contributed by atoms with Crippen molar-refractivity contribution in [1.29, 1.82) is 0 Å². The van der Waals surface area contributed by atoms with E-state index in [2.05, 4.69) is 81.1 Å². The van der Waals surface area contributed by atoms with Crippen molar-refractivity contribution in [2.45, 2.75) is 124 Å². The average Bonchev–Trinajstić information content (AvgIpc) is 4.03. The largest absolute Gasteiger partial charge is 0.337 e. The second-order valence-corrected chi connectivity index (χ2v) is 18.2. The Hall–Kier alpha value is -3.64. The summed E-state index contributed by atoms with van der Waals surface area (Å²) in [6, 6.07) is 13.8. The van der Waals surface area contributed by atoms with Gasteiger partial charge in [0.2, 0.25) is 0 Å². The molecule has 0 bridgehead atoms. The Morgan fingerprint density at radius 3 is 1.80 bits per heavy atom. The predicted molar refractivity (Wildman–Crippen MR) is 234 cm³/mol. The van der Waals surface area contributed by atoms with Gasteiger partial charge < -0.3 is 4.57 Å². The van der Waals surface area contributed by atoms with E-state index >= 15 is 0 Å². The minimum atomic E-state index is 0.444. The Balaban J connectivity index is 1.17. The Kier molecular flexibility index (Phi) is 11.8. The van der Waals surface area contributed by atoms with Crippen molar-refractivity contribution in [2.24, 2.45) is 8.73 Å². The highest BCUT2D eigenvalue weighted by molar-refractivity contribution is 7.58. The summed E-state index contributed by atoms with van der Waals surface area (Å²) in [7, 11) is 0. The highest BCUT2D eigenvalue weighted by Gasteiger charge is 2.28. The van der Waals surface area contributed by atoms with E-state index in [-0.39, 0.29) is 0 Å². The van der Waals surface area contributed by atoms with Crippen LogP contribution in [0.5, 0.6) is 0 Å². The van der Waals surface area contributed by atoms with E-state index in [1.165, 1.54) is 140 Å². The van der Waals surface area contributed by atoms with E-state index in [9.17, 15) is 0 Å². The molecule has 6 aromatic heterocycles. The van der Waals surface area contributed by atoms with Gasteiger partial charge in [-0.3, -0.25) is 9.97 Å². The lowest BCUT2D eigenvalue weighted by Crippen LogP contribution is -2.10. The van der Waals surface area contributed by atoms with Crippen LogP contribution in [-0.2, 0) is 11.4 Å². The van der Waals surface area contributed by atoms with Crippen LogP contribution in [0.3, 0.4) is 0 Å². The number of aromatic nitrogens is 5. The van der Waals surface area contributed by atoms with E-state index in [4.69, 9.17) is 27.4 Å². The molecule has 7 aromatic rings. The maximum atomic E-state index is 5.12. The summed E-state index contributed by atoms with van der Waals surface area (Å²) >= 11 is 6.04. The molecule has 0 aliphatic carbocycles. The summed E-state index contributed by atoms with van der Waals surface area (Å²) in [4.78, 5) is 14.5. The van der Waals surface area contributed by atoms with Gasteiger partial charge in [0.1, 0.15) is 22.4 Å². The van der Waals surface area contributed by atoms with E-state index in [0.29, 0.717) is 6.04 Å². The number of thiophene rings is 2. The van der Waals surface area contributed by atoms with Crippen LogP contribution in [0.15, 0.2) is 57.5 Å². The van der Waals surface area contributed by atoms with Gasteiger partial charge >= 0.3 is 0 Å². The lowest BCUT2D eigenvalue weighted by atomic mass is 9.99. The minimum absolute atomic E-state index is 0.444. The first-order chi connectivity index (χ1) is 26.6. The van der Waals surface area contributed by atoms with E-state index in [0.717, 1.165) is 59.6 Å². The molecule has 54 heavy (non-hydrogen) atoms. The molecule has 7 heterocycles. The molecule has 0 amide bonds. The van der Waals surface area contributed by atoms with Crippen LogP contribution in [0.25, 0.3) is 64.3 Å². The molecule has 8 rings (SSSR count). The van der Waals surface area contributed by atoms with Crippen molar-refractivity contribution in [1.82, 2.24) is 23.3 Å². The minimum Gasteiger partial charge on any atom is -0.337 e. The third kappa shape index (κ3) is 7.49. The topological polar surface area (TPSA) is 81.2 Å². The quantitative estimate of drug-likeness (QED) is 0.0811. The number of hydrogen-bond acceptors (Lipinski definition) is 9. The first-order valence-electron chi connectivity index (χ1n) is 19.9. The Morgan fingerprint density at radius 1 is 0.611 bits per heavy atom. The normalized spacial score (nSPS) is 12.6. The molecule has 0 unspecified atom stereocenters. The SMILES string of the molecule is CCCCCCCCC(CCCCCCCC)n1c2cc(C)ncc2c2cnc(-c3ccc(-c4c5c(c(-c6ccc(C)s6)c6nsnc46)N=S=N5)s3)cc21. The number of unbranched alkanes of at least 4 members (excludes halogenated alkanes) is 10. The molecule has 0 saturated carbocycles. The zero-order valence-corrected chi connectivity index (χ0v) is 35.1. The van der Waals surface area contributed by atoms with Crippen molar-refractivity contribution < 1.29 is 0 Å². The zero-order valence-electron chi connectivity index (χ0n) is 31.9. The van der Waals surface area contributed by atoms with Gasteiger partial charge in [-0.15, -0.1) is 22.7 Å². The summed E-state index contributed by atoms with van der Waals surface area (Å²) in [5, 5.41) is 2.40. The van der Waals surface area contributed by atoms with Gasteiger partial charge in [-0.2, -0.15) is 17.5 Å². The second-order valence-electron chi connectivity index (χ2n) is 14.8. The number of benzene rings is 1. The molecule has 0 N–H and O–H groups in total. The van der Waals surface area contributed by atoms with Crippen LogP contribution in [0.1, 0.15) is 120 Å². The van der Waals surface area contributed by atoms with Crippen LogP contribution in [0.2, 0.25) is 0 Å². The number of aryl methyl sites for hydroxylation is 2. The Morgan fingerprint density at radius 2 is 1.17 bits per heavy atom. The third-order valence-corrected chi connectivity index (χ3v) is 14.1. The fraction of sp³-hybridized carbons (Fsp3) is 0.442. The summed E-state index contributed by atoms with van der Waals surface area (Å²) in [6.45, 7) is 8.85. The van der Waals surface area contributed by atoms with Crippen LogP contribution in [-0.4, -0.2) is 23.3 Å². The molecule has 11 heteroatoms. The molecule has 0 saturated heterocycles. The highest BCUT2D eigenvalue weighted by Crippen LogP contribution is 2.54. The number of rotatable bonds is 18. The van der Waals surface area contributed by atoms with E-state index < -0.39 is 0 Å². The molecule has 0 spiro atoms. The summed E-state index contributed by atoms with van der Waals surface area (Å²) in [5.74, 6) is 0. The molecule has 1 aliphatic rings. The van der Waals surface area contributed by atoms with Gasteiger partial charge in [0.25, 0.3) is 0 Å². The number of nitrogens with zero attached hydrogens (tertiary/aromatic N) is 7. The Bertz CT molecular complexity index is 2460. The molecule has 0 fully saturated rings. The van der Waals surface area contributed by atoms with Crippen molar-refractivity contribution >= 4 is 90.0 Å². The molecule has 0 radical (unpaired) electrons. The van der Waals surface area contributed by atoms with Crippen LogP contribution >= 0.6 is 34.4 Å². The van der Waals surface area contributed by atoms with Crippen molar-refractivity contribution in [2.75, 3.05) is 0 Å². The zero-order chi connectivity index (χ0) is 37.0. The van der Waals surface area contributed by atoms with Gasteiger partial charge in [-0.1, -0.05) is 90.9 Å². The van der Waals surface area contributed by atoms with Gasteiger partial charge in [-0.05, 0) is 63.1 Å². The van der Waals surface area contributed by atoms with Crippen LogP contribution < -0.4 is 0 Å². The predicted octanol–water partition coefficient (Wildman–Crippen LogP) is 15.1. The van der Waals surface area contributed by atoms with Gasteiger partial charge in [0.05, 0.1) is 44.7 Å². The number of hydrogen-bond donors (Lipinski definition) is 0. The average molecular weight is 792 g/mol. The monoisotopic (exact) mass is 791 g/mol. The lowest BCUT2D eigenvalue weighted by molar-refractivity contribution is 0.410. The van der Waals surface area contributed by atoms with Crippen LogP contribution in [0.4, 0.5) is 11.4 Å². The van der Waals surface area contributed by atoms with Crippen LogP contribution in [0, 0.1) is 13.8 Å². The second kappa shape index (κ2) is 17.0. The number of fused-ring (bicyclic) bond motifs is 5. The maximum Gasteiger partial charge on any atom is 0.116 e. The molecule has 0 atom stereocenters. The lowest BCUT2D eigenvalue weighted by Gasteiger charge is -2.22. The van der Waals surface area contributed by atoms with E-state index in [1.54, 1.807) is 22.7 Å². The summed E-state index contributed by atoms with van der Waals surface area (Å²) in [6.07, 6.45) is 22.4. The third-order valence-electron chi connectivity index (χ3n) is 10.9. The fourth-order valence-corrected chi connectivity index (χ4v) is 11.1. The van der Waals surface area contributed by atoms with Crippen molar-refractivity contribution in [3.8, 4) is 31.5 Å². The fourth-order valence-electron chi connectivity index (χ4n) is 8.09. The summed E-state index contributed by atoms with van der Waals surface area (Å²) < 4.78 is 22.0. The maximum absolute atomic E-state index is 5.12. The smallest absolute Gasteiger partial charge is 0.116 e. The molecule has 280 valence electrons. The van der Waals surface area contributed by atoms with Gasteiger partial charge in [0, 0.05) is 60.7 Å². The van der Waals surface area contributed by atoms with Gasteiger partial charge in [-0.25, -0.2) is 0 Å². The van der Waals surface area contributed by atoms with Crippen molar-refractivity contribution in [3.05, 3.63) is 59.4 Å². The highest BCUT2D eigenvalue weighted by atomic mass is 32.1. The standard InChI is InChI=1S/C43H49N7S4/c1-5-7-9-11-13-15-17-29(18-16-14-12-10-8-6-2)50-33-23-27(3)44-25-30(33)31-26-45-32(24-34(31)50)35-21-22-37(52-35)39-42-40(46-53-48-42)38(36-20-19-28(4)51-36)41-43(39)49-54-47-41/h19-26,29H,5-18H2,1-4H3. The van der Waals surface area contributed by atoms with Crippen molar-refractivity contribution in [3.63, 3.8) is 0 Å².